The molecule has 1 aliphatic rings. The highest BCUT2D eigenvalue weighted by Gasteiger charge is 2.31. The number of allylic oxidation sites excluding steroid dienone is 1. The molecule has 1 unspecified atom stereocenters. The minimum atomic E-state index is -1.06. The van der Waals surface area contributed by atoms with Crippen LogP contribution in [0.25, 0.3) is 22.2 Å². The Labute approximate surface area is 230 Å². The van der Waals surface area contributed by atoms with Gasteiger partial charge in [-0.2, -0.15) is 9.65 Å². The fourth-order valence-corrected chi connectivity index (χ4v) is 5.06. The van der Waals surface area contributed by atoms with Gasteiger partial charge < -0.3 is 19.9 Å². The fraction of sp³-hybridized carbons (Fsp3) is 0.267. The van der Waals surface area contributed by atoms with Crippen LogP contribution >= 0.6 is 0 Å². The monoisotopic (exact) mass is 542 g/mol. The summed E-state index contributed by atoms with van der Waals surface area (Å²) in [5.41, 5.74) is 8.65. The normalized spacial score (nSPS) is 15.6. The molecular formula is C30H28F2N6O2. The zero-order valence-corrected chi connectivity index (χ0v) is 22.1. The number of nitrogen functional groups attached to an aromatic ring is 1. The van der Waals surface area contributed by atoms with Gasteiger partial charge >= 0.3 is 0 Å². The molecule has 1 fully saturated rings. The Balaban J connectivity index is 1.44. The number of anilines is 1. The Morgan fingerprint density at radius 1 is 1.23 bits per heavy atom. The Bertz CT molecular complexity index is 1640. The number of halogens is 2. The molecule has 1 saturated heterocycles. The van der Waals surface area contributed by atoms with Gasteiger partial charge in [0.15, 0.2) is 11.6 Å². The molecule has 10 heteroatoms. The standard InChI is InChI=1S/C30H28F2N6O2/c1-18(2)13-20(14-33)30(39)38-12-4-5-21(38)15-37-16-23(26-28(34)35-17-36-29(26)37)19-8-10-22(11-9-19)40-25-7-3-6-24(31)27(25)32/h3,6-11,13,16-18,21H,4-5,12,15H2,1-2H3,(H2,34,35,36). The number of nitrogens with zero attached hydrogens (tertiary/aromatic N) is 5. The first-order valence-electron chi connectivity index (χ1n) is 13.0. The van der Waals surface area contributed by atoms with Gasteiger partial charge in [-0.15, -0.1) is 0 Å². The summed E-state index contributed by atoms with van der Waals surface area (Å²) in [6.45, 7) is 4.92. The maximum absolute atomic E-state index is 14.0. The predicted molar refractivity (Wildman–Crippen MR) is 147 cm³/mol. The number of aromatic nitrogens is 3. The average Bonchev–Trinajstić information content (AvgIpc) is 3.56. The summed E-state index contributed by atoms with van der Waals surface area (Å²) in [5.74, 6) is -1.77. The van der Waals surface area contributed by atoms with Gasteiger partial charge in [-0.1, -0.05) is 38.1 Å². The summed E-state index contributed by atoms with van der Waals surface area (Å²) in [4.78, 5) is 23.6. The molecule has 1 amide bonds. The molecule has 40 heavy (non-hydrogen) atoms. The van der Waals surface area contributed by atoms with E-state index in [0.717, 1.165) is 30.0 Å². The van der Waals surface area contributed by atoms with Crippen LogP contribution in [0.1, 0.15) is 26.7 Å². The Morgan fingerprint density at radius 2 is 2.00 bits per heavy atom. The van der Waals surface area contributed by atoms with E-state index in [0.29, 0.717) is 35.7 Å². The zero-order chi connectivity index (χ0) is 28.4. The number of carbonyl (C=O) groups excluding carboxylic acids is 1. The van der Waals surface area contributed by atoms with Crippen LogP contribution in [0.5, 0.6) is 11.5 Å². The zero-order valence-electron chi connectivity index (χ0n) is 22.1. The van der Waals surface area contributed by atoms with Crippen LogP contribution in [0.2, 0.25) is 0 Å². The SMILES string of the molecule is CC(C)C=C(C#N)C(=O)N1CCCC1Cn1cc(-c2ccc(Oc3cccc(F)c3F)cc2)c2c(N)ncnc21. The third-order valence-corrected chi connectivity index (χ3v) is 6.89. The van der Waals surface area contributed by atoms with Crippen molar-refractivity contribution in [3.05, 3.63) is 78.3 Å². The molecular weight excluding hydrogens is 514 g/mol. The van der Waals surface area contributed by atoms with Gasteiger partial charge in [-0.3, -0.25) is 4.79 Å². The lowest BCUT2D eigenvalue weighted by Crippen LogP contribution is -2.38. The van der Waals surface area contributed by atoms with E-state index in [-0.39, 0.29) is 29.2 Å². The van der Waals surface area contributed by atoms with Crippen LogP contribution in [-0.2, 0) is 11.3 Å². The maximum Gasteiger partial charge on any atom is 0.264 e. The van der Waals surface area contributed by atoms with Gasteiger partial charge in [0.2, 0.25) is 5.82 Å². The van der Waals surface area contributed by atoms with Crippen LogP contribution < -0.4 is 10.5 Å². The van der Waals surface area contributed by atoms with Crippen molar-refractivity contribution in [3.63, 3.8) is 0 Å². The van der Waals surface area contributed by atoms with E-state index < -0.39 is 11.6 Å². The van der Waals surface area contributed by atoms with E-state index in [4.69, 9.17) is 10.5 Å². The summed E-state index contributed by atoms with van der Waals surface area (Å²) >= 11 is 0. The van der Waals surface area contributed by atoms with Gasteiger partial charge in [-0.05, 0) is 48.6 Å². The number of rotatable bonds is 7. The Morgan fingerprint density at radius 3 is 2.73 bits per heavy atom. The van der Waals surface area contributed by atoms with Crippen molar-refractivity contribution in [3.8, 4) is 28.7 Å². The minimum Gasteiger partial charge on any atom is -0.454 e. The van der Waals surface area contributed by atoms with E-state index in [1.807, 2.05) is 24.6 Å². The van der Waals surface area contributed by atoms with Crippen LogP contribution in [0, 0.1) is 28.9 Å². The number of fused-ring (bicyclic) bond motifs is 1. The molecule has 5 rings (SSSR count). The third-order valence-electron chi connectivity index (χ3n) is 6.89. The average molecular weight is 543 g/mol. The third kappa shape index (κ3) is 5.23. The Hall–Kier alpha value is -4.78. The Kier molecular flexibility index (Phi) is 7.47. The summed E-state index contributed by atoms with van der Waals surface area (Å²) < 4.78 is 35.1. The summed E-state index contributed by atoms with van der Waals surface area (Å²) in [7, 11) is 0. The smallest absolute Gasteiger partial charge is 0.264 e. The first kappa shape index (κ1) is 26.8. The van der Waals surface area contributed by atoms with E-state index in [9.17, 15) is 18.8 Å². The van der Waals surface area contributed by atoms with Gasteiger partial charge in [-0.25, -0.2) is 14.4 Å². The minimum absolute atomic E-state index is 0.0833. The lowest BCUT2D eigenvalue weighted by atomic mass is 10.1. The first-order chi connectivity index (χ1) is 19.3. The highest BCUT2D eigenvalue weighted by molar-refractivity contribution is 6.01. The van der Waals surface area contributed by atoms with E-state index in [2.05, 4.69) is 16.0 Å². The number of hydrogen-bond acceptors (Lipinski definition) is 6. The van der Waals surface area contributed by atoms with Gasteiger partial charge in [0.1, 0.15) is 35.2 Å². The highest BCUT2D eigenvalue weighted by Crippen LogP contribution is 2.35. The van der Waals surface area contributed by atoms with Crippen molar-refractivity contribution in [2.24, 2.45) is 5.92 Å². The number of carbonyl (C=O) groups is 1. The maximum atomic E-state index is 14.0. The molecule has 2 aromatic carbocycles. The predicted octanol–water partition coefficient (Wildman–Crippen LogP) is 5.85. The lowest BCUT2D eigenvalue weighted by molar-refractivity contribution is -0.127. The second kappa shape index (κ2) is 11.1. The second-order valence-corrected chi connectivity index (χ2v) is 10.1. The van der Waals surface area contributed by atoms with E-state index >= 15 is 0 Å². The van der Waals surface area contributed by atoms with Crippen molar-refractivity contribution >= 4 is 22.8 Å². The second-order valence-electron chi connectivity index (χ2n) is 10.1. The van der Waals surface area contributed by atoms with Crippen molar-refractivity contribution in [2.45, 2.75) is 39.3 Å². The van der Waals surface area contributed by atoms with Crippen LogP contribution in [0.3, 0.4) is 0 Å². The van der Waals surface area contributed by atoms with Crippen LogP contribution in [0.15, 0.2) is 66.6 Å². The largest absolute Gasteiger partial charge is 0.454 e. The summed E-state index contributed by atoms with van der Waals surface area (Å²) in [6, 6.07) is 12.6. The van der Waals surface area contributed by atoms with Crippen molar-refractivity contribution < 1.29 is 18.3 Å². The lowest BCUT2D eigenvalue weighted by Gasteiger charge is -2.25. The van der Waals surface area contributed by atoms with Crippen molar-refractivity contribution in [2.75, 3.05) is 12.3 Å². The van der Waals surface area contributed by atoms with E-state index in [1.54, 1.807) is 35.2 Å². The molecule has 2 N–H and O–H groups in total. The first-order valence-corrected chi connectivity index (χ1v) is 13.0. The number of hydrogen-bond donors (Lipinski definition) is 1. The van der Waals surface area contributed by atoms with Crippen LogP contribution in [-0.4, -0.2) is 37.9 Å². The molecule has 3 heterocycles. The van der Waals surface area contributed by atoms with E-state index in [1.165, 1.54) is 18.5 Å². The molecule has 204 valence electrons. The number of benzene rings is 2. The highest BCUT2D eigenvalue weighted by atomic mass is 19.2. The number of nitriles is 1. The van der Waals surface area contributed by atoms with Gasteiger partial charge in [0.05, 0.1) is 11.4 Å². The van der Waals surface area contributed by atoms with Gasteiger partial charge in [0.25, 0.3) is 5.91 Å². The molecule has 0 radical (unpaired) electrons. The van der Waals surface area contributed by atoms with Gasteiger partial charge in [0, 0.05) is 24.8 Å². The quantitative estimate of drug-likeness (QED) is 0.232. The topological polar surface area (TPSA) is 110 Å². The summed E-state index contributed by atoms with van der Waals surface area (Å²) in [6.07, 6.45) is 6.66. The molecule has 4 aromatic rings. The molecule has 1 atom stereocenters. The number of likely N-dealkylation sites (tertiary alicyclic amines) is 1. The molecule has 0 aliphatic carbocycles. The molecule has 2 aromatic heterocycles. The number of ether oxygens (including phenoxy) is 1. The molecule has 8 nitrogen and oxygen atoms in total. The fourth-order valence-electron chi connectivity index (χ4n) is 5.06. The number of nitrogens with two attached hydrogens (primary N) is 1. The molecule has 0 bridgehead atoms. The van der Waals surface area contributed by atoms with Crippen molar-refractivity contribution in [1.29, 1.82) is 5.26 Å². The number of amides is 1. The van der Waals surface area contributed by atoms with Crippen molar-refractivity contribution in [1.82, 2.24) is 19.4 Å². The molecule has 0 spiro atoms. The molecule has 0 saturated carbocycles. The summed E-state index contributed by atoms with van der Waals surface area (Å²) in [5, 5.41) is 10.2. The molecule has 1 aliphatic heterocycles. The van der Waals surface area contributed by atoms with Crippen LogP contribution in [0.4, 0.5) is 14.6 Å².